The summed E-state index contributed by atoms with van der Waals surface area (Å²) in [4.78, 5) is 27.6. The van der Waals surface area contributed by atoms with Crippen molar-refractivity contribution in [2.75, 3.05) is 17.1 Å². The van der Waals surface area contributed by atoms with Crippen LogP contribution in [0.25, 0.3) is 0 Å². The second-order valence-electron chi connectivity index (χ2n) is 8.48. The summed E-state index contributed by atoms with van der Waals surface area (Å²) >= 11 is 5.98. The number of carbonyl (C=O) groups excluding carboxylic acids is 2. The molecule has 0 fully saturated rings. The molecule has 0 aromatic heterocycles. The zero-order chi connectivity index (χ0) is 24.9. The Bertz CT molecular complexity index is 1100. The summed E-state index contributed by atoms with van der Waals surface area (Å²) in [6.45, 7) is 8.71. The molecule has 2 amide bonds. The van der Waals surface area contributed by atoms with Crippen LogP contribution in [0.2, 0.25) is 5.02 Å². The maximum atomic E-state index is 13.5. The lowest BCUT2D eigenvalue weighted by molar-refractivity contribution is -0.139. The van der Waals surface area contributed by atoms with Crippen molar-refractivity contribution in [1.82, 2.24) is 10.2 Å². The zero-order valence-corrected chi connectivity index (χ0v) is 21.5. The molecule has 1 N–H and O–H groups in total. The molecule has 33 heavy (non-hydrogen) atoms. The molecule has 0 unspecified atom stereocenters. The van der Waals surface area contributed by atoms with Crippen molar-refractivity contribution in [1.29, 1.82) is 0 Å². The van der Waals surface area contributed by atoms with Crippen LogP contribution in [-0.4, -0.2) is 50.0 Å². The highest BCUT2D eigenvalue weighted by Crippen LogP contribution is 2.25. The van der Waals surface area contributed by atoms with Crippen molar-refractivity contribution in [2.45, 2.75) is 53.2 Å². The monoisotopic (exact) mass is 493 g/mol. The molecule has 180 valence electrons. The SMILES string of the molecule is Cc1cccc(N(CC(=O)N(Cc2ccc(Cl)cc2)[C@@H](C)C(=O)NC(C)C)S(C)(=O)=O)c1C. The molecule has 0 bridgehead atoms. The first-order valence-corrected chi connectivity index (χ1v) is 12.9. The number of hydrogen-bond donors (Lipinski definition) is 1. The van der Waals surface area contributed by atoms with Crippen molar-refractivity contribution in [3.05, 3.63) is 64.2 Å². The first-order valence-electron chi connectivity index (χ1n) is 10.7. The van der Waals surface area contributed by atoms with Crippen molar-refractivity contribution in [2.24, 2.45) is 0 Å². The van der Waals surface area contributed by atoms with E-state index in [0.717, 1.165) is 27.3 Å². The van der Waals surface area contributed by atoms with Gasteiger partial charge in [-0.3, -0.25) is 13.9 Å². The van der Waals surface area contributed by atoms with Gasteiger partial charge in [-0.25, -0.2) is 8.42 Å². The first kappa shape index (κ1) is 26.7. The van der Waals surface area contributed by atoms with E-state index >= 15 is 0 Å². The molecule has 0 aliphatic rings. The van der Waals surface area contributed by atoms with E-state index in [1.54, 1.807) is 43.3 Å². The Labute approximate surface area is 201 Å². The van der Waals surface area contributed by atoms with Crippen LogP contribution in [-0.2, 0) is 26.2 Å². The molecule has 1 atom stereocenters. The summed E-state index contributed by atoms with van der Waals surface area (Å²) in [7, 11) is -3.76. The number of sulfonamides is 1. The fourth-order valence-corrected chi connectivity index (χ4v) is 4.40. The molecule has 0 saturated carbocycles. The molecule has 7 nitrogen and oxygen atoms in total. The van der Waals surface area contributed by atoms with Crippen LogP contribution in [0.15, 0.2) is 42.5 Å². The second kappa shape index (κ2) is 11.0. The van der Waals surface area contributed by atoms with E-state index in [2.05, 4.69) is 5.32 Å². The van der Waals surface area contributed by atoms with Crippen LogP contribution in [0, 0.1) is 13.8 Å². The number of benzene rings is 2. The lowest BCUT2D eigenvalue weighted by atomic mass is 10.1. The Morgan fingerprint density at radius 3 is 2.18 bits per heavy atom. The van der Waals surface area contributed by atoms with Crippen LogP contribution in [0.3, 0.4) is 0 Å². The number of nitrogens with one attached hydrogen (secondary N) is 1. The topological polar surface area (TPSA) is 86.8 Å². The molecule has 0 radical (unpaired) electrons. The van der Waals surface area contributed by atoms with Gasteiger partial charge in [-0.2, -0.15) is 0 Å². The molecule has 9 heteroatoms. The first-order chi connectivity index (χ1) is 15.3. The van der Waals surface area contributed by atoms with Gasteiger partial charge < -0.3 is 10.2 Å². The third-order valence-corrected chi connectivity index (χ3v) is 6.77. The van der Waals surface area contributed by atoms with Crippen molar-refractivity contribution in [3.63, 3.8) is 0 Å². The molecular formula is C24H32ClN3O4S. The number of nitrogens with zero attached hydrogens (tertiary/aromatic N) is 2. The van der Waals surface area contributed by atoms with E-state index in [4.69, 9.17) is 11.6 Å². The van der Waals surface area contributed by atoms with E-state index in [9.17, 15) is 18.0 Å². The standard InChI is InChI=1S/C24H32ClN3O4S/c1-16(2)26-24(30)19(5)27(14-20-10-12-21(25)13-11-20)23(29)15-28(33(6,31)32)22-9-7-8-17(3)18(22)4/h7-13,16,19H,14-15H2,1-6H3,(H,26,30)/t19-/m0/s1. The predicted octanol–water partition coefficient (Wildman–Crippen LogP) is 3.66. The van der Waals surface area contributed by atoms with E-state index in [1.165, 1.54) is 4.90 Å². The van der Waals surface area contributed by atoms with Gasteiger partial charge in [-0.15, -0.1) is 0 Å². The van der Waals surface area contributed by atoms with Gasteiger partial charge in [-0.05, 0) is 69.5 Å². The van der Waals surface area contributed by atoms with E-state index < -0.39 is 28.5 Å². The number of hydrogen-bond acceptors (Lipinski definition) is 4. The number of anilines is 1. The summed E-state index contributed by atoms with van der Waals surface area (Å²) in [5.41, 5.74) is 2.90. The Morgan fingerprint density at radius 1 is 1.03 bits per heavy atom. The van der Waals surface area contributed by atoms with Gasteiger partial charge in [0.2, 0.25) is 21.8 Å². The van der Waals surface area contributed by atoms with E-state index in [-0.39, 0.29) is 18.5 Å². The van der Waals surface area contributed by atoms with Gasteiger partial charge in [-0.1, -0.05) is 35.9 Å². The minimum atomic E-state index is -3.76. The minimum Gasteiger partial charge on any atom is -0.352 e. The van der Waals surface area contributed by atoms with Crippen LogP contribution < -0.4 is 9.62 Å². The van der Waals surface area contributed by atoms with Gasteiger partial charge in [0, 0.05) is 17.6 Å². The number of carbonyl (C=O) groups is 2. The van der Waals surface area contributed by atoms with Crippen molar-refractivity contribution < 1.29 is 18.0 Å². The van der Waals surface area contributed by atoms with Gasteiger partial charge >= 0.3 is 0 Å². The fraction of sp³-hybridized carbons (Fsp3) is 0.417. The molecule has 2 aromatic rings. The lowest BCUT2D eigenvalue weighted by Crippen LogP contribution is -2.52. The summed E-state index contributed by atoms with van der Waals surface area (Å²) < 4.78 is 26.4. The maximum absolute atomic E-state index is 13.5. The highest BCUT2D eigenvalue weighted by molar-refractivity contribution is 7.92. The third kappa shape index (κ3) is 7.20. The van der Waals surface area contributed by atoms with Crippen LogP contribution >= 0.6 is 11.6 Å². The van der Waals surface area contributed by atoms with Crippen molar-refractivity contribution >= 4 is 39.1 Å². The van der Waals surface area contributed by atoms with Gasteiger partial charge in [0.25, 0.3) is 0 Å². The Balaban J connectivity index is 2.43. The summed E-state index contributed by atoms with van der Waals surface area (Å²) in [5.74, 6) is -0.798. The van der Waals surface area contributed by atoms with E-state index in [0.29, 0.717) is 10.7 Å². The highest BCUT2D eigenvalue weighted by atomic mass is 35.5. The Morgan fingerprint density at radius 2 is 1.64 bits per heavy atom. The minimum absolute atomic E-state index is 0.102. The second-order valence-corrected chi connectivity index (χ2v) is 10.8. The number of aryl methyl sites for hydroxylation is 1. The fourth-order valence-electron chi connectivity index (χ4n) is 3.37. The smallest absolute Gasteiger partial charge is 0.244 e. The average Bonchev–Trinajstić information content (AvgIpc) is 2.72. The van der Waals surface area contributed by atoms with Gasteiger partial charge in [0.05, 0.1) is 11.9 Å². The molecule has 0 saturated heterocycles. The lowest BCUT2D eigenvalue weighted by Gasteiger charge is -2.32. The molecule has 0 aliphatic heterocycles. The molecule has 0 spiro atoms. The summed E-state index contributed by atoms with van der Waals surface area (Å²) in [6, 6.07) is 11.4. The van der Waals surface area contributed by atoms with E-state index in [1.807, 2.05) is 33.8 Å². The van der Waals surface area contributed by atoms with Crippen LogP contribution in [0.4, 0.5) is 5.69 Å². The van der Waals surface area contributed by atoms with Gasteiger partial charge in [0.1, 0.15) is 12.6 Å². The normalized spacial score (nSPS) is 12.4. The predicted molar refractivity (Wildman–Crippen MR) is 133 cm³/mol. The molecule has 2 rings (SSSR count). The summed E-state index contributed by atoms with van der Waals surface area (Å²) in [5, 5.41) is 3.37. The molecule has 0 aliphatic carbocycles. The quantitative estimate of drug-likeness (QED) is 0.577. The highest BCUT2D eigenvalue weighted by Gasteiger charge is 2.30. The van der Waals surface area contributed by atoms with Crippen LogP contribution in [0.1, 0.15) is 37.5 Å². The number of halogens is 1. The zero-order valence-electron chi connectivity index (χ0n) is 19.9. The Kier molecular flexibility index (Phi) is 8.91. The molecular weight excluding hydrogens is 462 g/mol. The largest absolute Gasteiger partial charge is 0.352 e. The van der Waals surface area contributed by atoms with Crippen LogP contribution in [0.5, 0.6) is 0 Å². The number of amides is 2. The van der Waals surface area contributed by atoms with Gasteiger partial charge in [0.15, 0.2) is 0 Å². The molecule has 2 aromatic carbocycles. The third-order valence-electron chi connectivity index (χ3n) is 5.39. The number of rotatable bonds is 9. The molecule has 0 heterocycles. The Hall–Kier alpha value is -2.58. The maximum Gasteiger partial charge on any atom is 0.244 e. The summed E-state index contributed by atoms with van der Waals surface area (Å²) in [6.07, 6.45) is 1.07. The van der Waals surface area contributed by atoms with Crippen molar-refractivity contribution in [3.8, 4) is 0 Å². The average molecular weight is 494 g/mol.